The van der Waals surface area contributed by atoms with Crippen molar-refractivity contribution in [3.8, 4) is 0 Å². The third-order valence-electron chi connectivity index (χ3n) is 1.72. The summed E-state index contributed by atoms with van der Waals surface area (Å²) < 4.78 is 18.5. The molecule has 0 bridgehead atoms. The van der Waals surface area contributed by atoms with Crippen molar-refractivity contribution in [3.05, 3.63) is 0 Å². The topological polar surface area (TPSA) is 40.9 Å². The fourth-order valence-corrected chi connectivity index (χ4v) is 2.09. The van der Waals surface area contributed by atoms with E-state index in [0.29, 0.717) is 17.4 Å². The maximum absolute atomic E-state index is 11.2. The highest BCUT2D eigenvalue weighted by Gasteiger charge is 2.07. The molecular formula is C7H17NOS. The Labute approximate surface area is 64.0 Å². The molecular weight excluding hydrogens is 146 g/mol. The van der Waals surface area contributed by atoms with Gasteiger partial charge in [0.2, 0.25) is 0 Å². The van der Waals surface area contributed by atoms with Gasteiger partial charge in [0.05, 0.1) is 0 Å². The first-order valence-corrected chi connectivity index (χ1v) is 5.65. The van der Waals surface area contributed by atoms with Crippen molar-refractivity contribution in [3.63, 3.8) is 0 Å². The maximum Gasteiger partial charge on any atom is 0.0441 e. The van der Waals surface area contributed by atoms with Gasteiger partial charge >= 0.3 is 0 Å². The Morgan fingerprint density at radius 3 is 2.30 bits per heavy atom. The van der Waals surface area contributed by atoms with Crippen LogP contribution in [0.4, 0.5) is 0 Å². The molecule has 0 rings (SSSR count). The predicted molar refractivity (Wildman–Crippen MR) is 45.7 cm³/mol. The first-order chi connectivity index (χ1) is 4.52. The molecule has 0 fully saturated rings. The van der Waals surface area contributed by atoms with Crippen LogP contribution in [0.5, 0.6) is 0 Å². The molecule has 0 amide bonds. The normalized spacial score (nSPS) is 19.9. The lowest BCUT2D eigenvalue weighted by molar-refractivity contribution is 0.611. The Morgan fingerprint density at radius 1 is 1.50 bits per heavy atom. The zero-order valence-corrected chi connectivity index (χ0v) is 7.83. The molecule has 2 atom stereocenters. The van der Waals surface area contributed by atoms with E-state index in [1.54, 1.807) is 0 Å². The summed E-state index contributed by atoms with van der Waals surface area (Å²) in [7, 11) is -2.23. The second kappa shape index (κ2) is 3.96. The second-order valence-corrected chi connectivity index (χ2v) is 5.31. The van der Waals surface area contributed by atoms with Crippen LogP contribution >= 0.6 is 0 Å². The summed E-state index contributed by atoms with van der Waals surface area (Å²) in [4.78, 5) is 0. The van der Waals surface area contributed by atoms with Crippen LogP contribution in [-0.4, -0.2) is 15.7 Å². The fourth-order valence-electron chi connectivity index (χ4n) is 0.695. The van der Waals surface area contributed by atoms with Crippen molar-refractivity contribution < 1.29 is 4.21 Å². The smallest absolute Gasteiger partial charge is 0.0441 e. The van der Waals surface area contributed by atoms with Crippen LogP contribution in [0.2, 0.25) is 0 Å². The van der Waals surface area contributed by atoms with E-state index in [9.17, 15) is 4.21 Å². The molecule has 0 aromatic rings. The molecule has 0 aromatic heterocycles. The largest absolute Gasteiger partial charge is 0.253 e. The van der Waals surface area contributed by atoms with Crippen LogP contribution in [0.15, 0.2) is 0 Å². The molecule has 0 spiro atoms. The van der Waals surface area contributed by atoms with Gasteiger partial charge in [-0.05, 0) is 5.92 Å². The third kappa shape index (κ3) is 3.88. The van der Waals surface area contributed by atoms with Crippen LogP contribution in [0.25, 0.3) is 0 Å². The highest BCUT2D eigenvalue weighted by atomic mass is 32.2. The predicted octanol–water partition coefficient (Wildman–Crippen LogP) is 2.10. The van der Waals surface area contributed by atoms with Gasteiger partial charge in [0, 0.05) is 21.2 Å². The third-order valence-corrected chi connectivity index (χ3v) is 3.76. The van der Waals surface area contributed by atoms with Crippen LogP contribution in [0.3, 0.4) is 0 Å². The van der Waals surface area contributed by atoms with E-state index in [1.165, 1.54) is 0 Å². The first-order valence-electron chi connectivity index (χ1n) is 3.76. The number of rotatable bonds is 4. The lowest BCUT2D eigenvalue weighted by Crippen LogP contribution is -2.13. The fraction of sp³-hybridized carbons (Fsp3) is 1.00. The van der Waals surface area contributed by atoms with Crippen molar-refractivity contribution in [2.45, 2.75) is 27.2 Å². The SMILES string of the molecule is CC[C@H](C)C[S@@](=N)(=O)CC. The summed E-state index contributed by atoms with van der Waals surface area (Å²) >= 11 is 0. The van der Waals surface area contributed by atoms with E-state index >= 15 is 0 Å². The Bertz CT molecular complexity index is 172. The minimum Gasteiger partial charge on any atom is -0.253 e. The quantitative estimate of drug-likeness (QED) is 0.677. The second-order valence-electron chi connectivity index (χ2n) is 2.78. The van der Waals surface area contributed by atoms with Gasteiger partial charge < -0.3 is 0 Å². The van der Waals surface area contributed by atoms with Crippen molar-refractivity contribution in [1.82, 2.24) is 0 Å². The highest BCUT2D eigenvalue weighted by Crippen LogP contribution is 2.05. The van der Waals surface area contributed by atoms with Crippen molar-refractivity contribution in [2.75, 3.05) is 11.5 Å². The van der Waals surface area contributed by atoms with Gasteiger partial charge in [-0.3, -0.25) is 4.78 Å². The van der Waals surface area contributed by atoms with E-state index in [0.717, 1.165) is 6.42 Å². The number of nitrogens with one attached hydrogen (secondary N) is 1. The number of hydrogen-bond acceptors (Lipinski definition) is 2. The average molecular weight is 163 g/mol. The molecule has 0 heterocycles. The van der Waals surface area contributed by atoms with Crippen LogP contribution in [0.1, 0.15) is 27.2 Å². The van der Waals surface area contributed by atoms with Gasteiger partial charge in [0.15, 0.2) is 0 Å². The zero-order valence-electron chi connectivity index (χ0n) is 7.02. The van der Waals surface area contributed by atoms with Crippen molar-refractivity contribution in [2.24, 2.45) is 5.92 Å². The Kier molecular flexibility index (Phi) is 3.94. The van der Waals surface area contributed by atoms with Gasteiger partial charge in [-0.25, -0.2) is 4.21 Å². The molecule has 62 valence electrons. The monoisotopic (exact) mass is 163 g/mol. The van der Waals surface area contributed by atoms with E-state index in [4.69, 9.17) is 4.78 Å². The molecule has 0 saturated carbocycles. The van der Waals surface area contributed by atoms with E-state index in [-0.39, 0.29) is 0 Å². The molecule has 0 radical (unpaired) electrons. The van der Waals surface area contributed by atoms with Crippen LogP contribution < -0.4 is 0 Å². The summed E-state index contributed by atoms with van der Waals surface area (Å²) in [6, 6.07) is 0. The molecule has 2 nitrogen and oxygen atoms in total. The molecule has 0 aliphatic carbocycles. The lowest BCUT2D eigenvalue weighted by atomic mass is 10.2. The maximum atomic E-state index is 11.2. The van der Waals surface area contributed by atoms with Crippen molar-refractivity contribution in [1.29, 1.82) is 4.78 Å². The molecule has 0 aromatic carbocycles. The van der Waals surface area contributed by atoms with Gasteiger partial charge in [-0.15, -0.1) is 0 Å². The van der Waals surface area contributed by atoms with E-state index < -0.39 is 9.73 Å². The van der Waals surface area contributed by atoms with Crippen LogP contribution in [0, 0.1) is 10.7 Å². The summed E-state index contributed by atoms with van der Waals surface area (Å²) in [6.45, 7) is 5.93. The van der Waals surface area contributed by atoms with Crippen LogP contribution in [-0.2, 0) is 9.73 Å². The zero-order chi connectivity index (χ0) is 8.20. The Balaban J connectivity index is 3.90. The van der Waals surface area contributed by atoms with E-state index in [1.807, 2.05) is 13.8 Å². The average Bonchev–Trinajstić information content (AvgIpc) is 1.87. The van der Waals surface area contributed by atoms with Crippen molar-refractivity contribution >= 4 is 9.73 Å². The van der Waals surface area contributed by atoms with Gasteiger partial charge in [0.25, 0.3) is 0 Å². The van der Waals surface area contributed by atoms with Gasteiger partial charge in [-0.1, -0.05) is 27.2 Å². The van der Waals surface area contributed by atoms with E-state index in [2.05, 4.69) is 6.92 Å². The highest BCUT2D eigenvalue weighted by molar-refractivity contribution is 7.92. The molecule has 0 aliphatic heterocycles. The summed E-state index contributed by atoms with van der Waals surface area (Å²) in [5, 5.41) is 0. The molecule has 10 heavy (non-hydrogen) atoms. The Hall–Kier alpha value is -0.0500. The van der Waals surface area contributed by atoms with Gasteiger partial charge in [0.1, 0.15) is 0 Å². The lowest BCUT2D eigenvalue weighted by Gasteiger charge is -2.09. The standard InChI is InChI=1S/C7H17NOS/c1-4-7(3)6-10(8,9)5-2/h7-8H,4-6H2,1-3H3/t7-,10-/m0/s1. The van der Waals surface area contributed by atoms with Gasteiger partial charge in [-0.2, -0.15) is 0 Å². The minimum atomic E-state index is -2.23. The number of hydrogen-bond donors (Lipinski definition) is 1. The molecule has 0 saturated heterocycles. The summed E-state index contributed by atoms with van der Waals surface area (Å²) in [5.41, 5.74) is 0. The molecule has 3 heteroatoms. The molecule has 0 aliphatic rings. The summed E-state index contributed by atoms with van der Waals surface area (Å²) in [6.07, 6.45) is 1.02. The minimum absolute atomic E-state index is 0.435. The molecule has 0 unspecified atom stereocenters. The summed E-state index contributed by atoms with van der Waals surface area (Å²) in [5.74, 6) is 1.50. The molecule has 1 N–H and O–H groups in total. The Morgan fingerprint density at radius 2 is 2.00 bits per heavy atom. The first kappa shape index (κ1) is 9.95.